The summed E-state index contributed by atoms with van der Waals surface area (Å²) >= 11 is 0. The van der Waals surface area contributed by atoms with E-state index in [1.807, 2.05) is 0 Å². The summed E-state index contributed by atoms with van der Waals surface area (Å²) < 4.78 is 24.2. The average molecular weight is 265 g/mol. The highest BCUT2D eigenvalue weighted by atomic mass is 32.2. The molecule has 0 atom stereocenters. The van der Waals surface area contributed by atoms with Crippen LogP contribution in [0.3, 0.4) is 0 Å². The number of nitrogens with two attached hydrogens (primary N) is 1. The third-order valence-corrected chi connectivity index (χ3v) is 4.07. The average Bonchev–Trinajstić information content (AvgIpc) is 2.37. The number of pyridine rings is 1. The van der Waals surface area contributed by atoms with Crippen LogP contribution in [0.25, 0.3) is 10.9 Å². The molecule has 0 unspecified atom stereocenters. The molecule has 1 heterocycles. The fourth-order valence-corrected chi connectivity index (χ4v) is 2.98. The van der Waals surface area contributed by atoms with Crippen LogP contribution >= 0.6 is 0 Å². The summed E-state index contributed by atoms with van der Waals surface area (Å²) in [5, 5.41) is 11.8. The van der Waals surface area contributed by atoms with Crippen molar-refractivity contribution in [1.29, 1.82) is 0 Å². The van der Waals surface area contributed by atoms with E-state index < -0.39 is 15.6 Å². The molecule has 0 fully saturated rings. The van der Waals surface area contributed by atoms with Gasteiger partial charge in [0.2, 0.25) is 0 Å². The van der Waals surface area contributed by atoms with Crippen LogP contribution in [0.4, 0.5) is 0 Å². The number of oxime groups is 1. The maximum absolute atomic E-state index is 12.1. The van der Waals surface area contributed by atoms with Gasteiger partial charge in [0.1, 0.15) is 5.75 Å². The van der Waals surface area contributed by atoms with Crippen molar-refractivity contribution in [2.24, 2.45) is 10.9 Å². The summed E-state index contributed by atoms with van der Waals surface area (Å²) in [6.45, 7) is 0. The molecule has 0 saturated carbocycles. The van der Waals surface area contributed by atoms with Crippen LogP contribution in [-0.2, 0) is 9.84 Å². The smallest absolute Gasteiger partial charge is 0.187 e. The fraction of sp³-hybridized carbons (Fsp3) is 0.0909. The van der Waals surface area contributed by atoms with Crippen molar-refractivity contribution < 1.29 is 13.6 Å². The first kappa shape index (κ1) is 12.3. The Hall–Kier alpha value is -2.15. The molecule has 0 saturated heterocycles. The number of rotatable bonds is 3. The van der Waals surface area contributed by atoms with Gasteiger partial charge in [-0.2, -0.15) is 0 Å². The van der Waals surface area contributed by atoms with E-state index in [2.05, 4.69) is 10.1 Å². The molecule has 6 nitrogen and oxygen atoms in total. The highest BCUT2D eigenvalue weighted by molar-refractivity contribution is 7.92. The molecule has 2 aromatic rings. The van der Waals surface area contributed by atoms with Crippen LogP contribution in [0.1, 0.15) is 0 Å². The summed E-state index contributed by atoms with van der Waals surface area (Å²) in [5.41, 5.74) is 5.62. The Morgan fingerprint density at radius 1 is 1.33 bits per heavy atom. The summed E-state index contributed by atoms with van der Waals surface area (Å²) in [7, 11) is -3.68. The van der Waals surface area contributed by atoms with Gasteiger partial charge in [0.25, 0.3) is 0 Å². The van der Waals surface area contributed by atoms with Crippen LogP contribution < -0.4 is 5.73 Å². The highest BCUT2D eigenvalue weighted by Gasteiger charge is 2.20. The van der Waals surface area contributed by atoms with Gasteiger partial charge in [0.15, 0.2) is 15.7 Å². The van der Waals surface area contributed by atoms with Gasteiger partial charge >= 0.3 is 0 Å². The standard InChI is InChI=1S/C11H11N3O3S/c12-10(14-15)7-18(16,17)9-5-1-3-8-4-2-6-13-11(8)9/h1-6,15H,7H2,(H2,12,14). The number of hydrogen-bond acceptors (Lipinski definition) is 5. The number of nitrogens with zero attached hydrogens (tertiary/aromatic N) is 2. The van der Waals surface area contributed by atoms with E-state index in [4.69, 9.17) is 10.9 Å². The van der Waals surface area contributed by atoms with Crippen molar-refractivity contribution in [3.63, 3.8) is 0 Å². The third kappa shape index (κ3) is 2.25. The maximum Gasteiger partial charge on any atom is 0.187 e. The van der Waals surface area contributed by atoms with E-state index in [9.17, 15) is 8.42 Å². The molecule has 7 heteroatoms. The summed E-state index contributed by atoms with van der Waals surface area (Å²) in [6, 6.07) is 8.34. The minimum absolute atomic E-state index is 0.0761. The molecule has 0 aliphatic rings. The maximum atomic E-state index is 12.1. The van der Waals surface area contributed by atoms with Crippen molar-refractivity contribution >= 4 is 26.6 Å². The predicted molar refractivity (Wildman–Crippen MR) is 67.2 cm³/mol. The molecular weight excluding hydrogens is 254 g/mol. The Kier molecular flexibility index (Phi) is 3.15. The SMILES string of the molecule is N/C(CS(=O)(=O)c1cccc2cccnc12)=N/O. The van der Waals surface area contributed by atoms with Gasteiger partial charge in [-0.1, -0.05) is 23.4 Å². The van der Waals surface area contributed by atoms with Gasteiger partial charge in [0.05, 0.1) is 10.4 Å². The van der Waals surface area contributed by atoms with E-state index in [-0.39, 0.29) is 10.7 Å². The lowest BCUT2D eigenvalue weighted by atomic mass is 10.2. The number of amidine groups is 1. The van der Waals surface area contributed by atoms with E-state index >= 15 is 0 Å². The molecule has 0 amide bonds. The van der Waals surface area contributed by atoms with Gasteiger partial charge in [-0.3, -0.25) is 4.98 Å². The second-order valence-corrected chi connectivity index (χ2v) is 5.64. The van der Waals surface area contributed by atoms with E-state index in [0.717, 1.165) is 5.39 Å². The molecule has 3 N–H and O–H groups in total. The normalized spacial score (nSPS) is 12.8. The number of hydrogen-bond donors (Lipinski definition) is 2. The topological polar surface area (TPSA) is 106 Å². The fourth-order valence-electron chi connectivity index (χ4n) is 1.63. The quantitative estimate of drug-likeness (QED) is 0.369. The lowest BCUT2D eigenvalue weighted by molar-refractivity contribution is 0.318. The van der Waals surface area contributed by atoms with E-state index in [1.165, 1.54) is 12.3 Å². The molecule has 0 radical (unpaired) electrons. The lowest BCUT2D eigenvalue weighted by Gasteiger charge is -2.06. The van der Waals surface area contributed by atoms with Crippen molar-refractivity contribution in [1.82, 2.24) is 4.98 Å². The first-order valence-corrected chi connectivity index (χ1v) is 6.73. The van der Waals surface area contributed by atoms with Crippen molar-refractivity contribution in [2.75, 3.05) is 5.75 Å². The Labute approximate surface area is 104 Å². The second-order valence-electron chi connectivity index (χ2n) is 3.68. The van der Waals surface area contributed by atoms with Gasteiger partial charge in [-0.15, -0.1) is 0 Å². The van der Waals surface area contributed by atoms with Crippen LogP contribution in [0.15, 0.2) is 46.6 Å². The monoisotopic (exact) mass is 265 g/mol. The largest absolute Gasteiger partial charge is 0.409 e. The first-order chi connectivity index (χ1) is 8.54. The molecular formula is C11H11N3O3S. The van der Waals surface area contributed by atoms with Gasteiger partial charge in [-0.25, -0.2) is 8.42 Å². The molecule has 18 heavy (non-hydrogen) atoms. The molecule has 0 aliphatic heterocycles. The Balaban J connectivity index is 2.61. The van der Waals surface area contributed by atoms with E-state index in [0.29, 0.717) is 5.52 Å². The zero-order valence-electron chi connectivity index (χ0n) is 9.31. The molecule has 1 aromatic heterocycles. The Morgan fingerprint density at radius 2 is 2.06 bits per heavy atom. The van der Waals surface area contributed by atoms with Crippen LogP contribution in [-0.4, -0.2) is 30.2 Å². The number of aromatic nitrogens is 1. The molecule has 0 aliphatic carbocycles. The van der Waals surface area contributed by atoms with Crippen molar-refractivity contribution in [3.8, 4) is 0 Å². The van der Waals surface area contributed by atoms with E-state index in [1.54, 1.807) is 24.3 Å². The Morgan fingerprint density at radius 3 is 2.78 bits per heavy atom. The molecule has 94 valence electrons. The highest BCUT2D eigenvalue weighted by Crippen LogP contribution is 2.21. The van der Waals surface area contributed by atoms with Crippen LogP contribution in [0.2, 0.25) is 0 Å². The third-order valence-electron chi connectivity index (χ3n) is 2.40. The summed E-state index contributed by atoms with van der Waals surface area (Å²) in [4.78, 5) is 4.13. The van der Waals surface area contributed by atoms with Gasteiger partial charge in [-0.05, 0) is 12.1 Å². The lowest BCUT2D eigenvalue weighted by Crippen LogP contribution is -2.24. The Bertz CT molecular complexity index is 705. The second kappa shape index (κ2) is 4.61. The van der Waals surface area contributed by atoms with Crippen molar-refractivity contribution in [3.05, 3.63) is 36.5 Å². The number of sulfone groups is 1. The number of para-hydroxylation sites is 1. The minimum Gasteiger partial charge on any atom is -0.409 e. The predicted octanol–water partition coefficient (Wildman–Crippen LogP) is 0.755. The molecule has 0 spiro atoms. The zero-order chi connectivity index (χ0) is 13.2. The van der Waals surface area contributed by atoms with Crippen LogP contribution in [0, 0.1) is 0 Å². The van der Waals surface area contributed by atoms with Crippen LogP contribution in [0.5, 0.6) is 0 Å². The number of benzene rings is 1. The first-order valence-electron chi connectivity index (χ1n) is 5.07. The minimum atomic E-state index is -3.68. The number of fused-ring (bicyclic) bond motifs is 1. The zero-order valence-corrected chi connectivity index (χ0v) is 10.1. The molecule has 2 rings (SSSR count). The molecule has 1 aromatic carbocycles. The van der Waals surface area contributed by atoms with Gasteiger partial charge < -0.3 is 10.9 Å². The van der Waals surface area contributed by atoms with Gasteiger partial charge in [0, 0.05) is 11.6 Å². The summed E-state index contributed by atoms with van der Waals surface area (Å²) in [6.07, 6.45) is 1.52. The van der Waals surface area contributed by atoms with Crippen molar-refractivity contribution in [2.45, 2.75) is 4.90 Å². The molecule has 0 bridgehead atoms. The summed E-state index contributed by atoms with van der Waals surface area (Å²) in [5.74, 6) is -0.901.